The van der Waals surface area contributed by atoms with Crippen LogP contribution in [-0.2, 0) is 12.0 Å². The van der Waals surface area contributed by atoms with E-state index in [9.17, 15) is 4.39 Å². The molecule has 0 atom stereocenters. The number of benzene rings is 1. The van der Waals surface area contributed by atoms with E-state index in [1.807, 2.05) is 19.9 Å². The van der Waals surface area contributed by atoms with Crippen LogP contribution in [0.5, 0.6) is 0 Å². The molecule has 128 valence electrons. The first kappa shape index (κ1) is 16.5. The molecular formula is C18H23FN4O. The normalized spacial score (nSPS) is 16.1. The number of hydrogen-bond donors (Lipinski definition) is 2. The molecular weight excluding hydrogens is 307 g/mol. The third-order valence-corrected chi connectivity index (χ3v) is 4.72. The third-order valence-electron chi connectivity index (χ3n) is 4.72. The summed E-state index contributed by atoms with van der Waals surface area (Å²) in [6.45, 7) is 5.16. The van der Waals surface area contributed by atoms with Crippen LogP contribution in [0.25, 0.3) is 0 Å². The van der Waals surface area contributed by atoms with Gasteiger partial charge < -0.3 is 15.2 Å². The van der Waals surface area contributed by atoms with Gasteiger partial charge in [0.15, 0.2) is 5.96 Å². The van der Waals surface area contributed by atoms with Crippen molar-refractivity contribution in [2.45, 2.75) is 38.6 Å². The quantitative estimate of drug-likeness (QED) is 0.654. The van der Waals surface area contributed by atoms with Crippen LogP contribution in [0.1, 0.15) is 35.4 Å². The highest BCUT2D eigenvalue weighted by Gasteiger charge is 2.44. The molecule has 1 fully saturated rings. The molecule has 1 aliphatic rings. The lowest BCUT2D eigenvalue weighted by Crippen LogP contribution is -2.41. The third kappa shape index (κ3) is 3.42. The van der Waals surface area contributed by atoms with Gasteiger partial charge in [0.25, 0.3) is 0 Å². The molecule has 3 rings (SSSR count). The highest BCUT2D eigenvalue weighted by Crippen LogP contribution is 2.47. The van der Waals surface area contributed by atoms with Crippen molar-refractivity contribution in [3.05, 3.63) is 52.7 Å². The first-order valence-electron chi connectivity index (χ1n) is 8.16. The number of hydrogen-bond acceptors (Lipinski definition) is 3. The minimum atomic E-state index is -0.181. The van der Waals surface area contributed by atoms with Gasteiger partial charge in [-0.3, -0.25) is 4.99 Å². The molecule has 0 spiro atoms. The summed E-state index contributed by atoms with van der Waals surface area (Å²) in [7, 11) is 1.74. The second kappa shape index (κ2) is 6.63. The molecule has 0 amide bonds. The molecule has 1 aliphatic carbocycles. The van der Waals surface area contributed by atoms with E-state index in [1.165, 1.54) is 6.07 Å². The summed E-state index contributed by atoms with van der Waals surface area (Å²) in [5.41, 5.74) is 3.00. The van der Waals surface area contributed by atoms with Gasteiger partial charge in [0.05, 0.1) is 5.69 Å². The van der Waals surface area contributed by atoms with E-state index in [1.54, 1.807) is 19.2 Å². The van der Waals surface area contributed by atoms with E-state index in [2.05, 4.69) is 20.8 Å². The number of aromatic nitrogens is 1. The molecule has 1 heterocycles. The van der Waals surface area contributed by atoms with Crippen molar-refractivity contribution in [3.63, 3.8) is 0 Å². The summed E-state index contributed by atoms with van der Waals surface area (Å²) in [5, 5.41) is 10.6. The molecule has 0 radical (unpaired) electrons. The molecule has 2 N–H and O–H groups in total. The Kier molecular flexibility index (Phi) is 4.55. The summed E-state index contributed by atoms with van der Waals surface area (Å²) < 4.78 is 18.6. The Labute approximate surface area is 141 Å². The summed E-state index contributed by atoms with van der Waals surface area (Å²) in [5.74, 6) is 1.35. The number of rotatable bonds is 5. The molecule has 1 aromatic heterocycles. The van der Waals surface area contributed by atoms with Gasteiger partial charge in [-0.25, -0.2) is 4.39 Å². The Bertz CT molecular complexity index is 730. The van der Waals surface area contributed by atoms with Gasteiger partial charge in [0.1, 0.15) is 11.6 Å². The van der Waals surface area contributed by atoms with E-state index >= 15 is 0 Å². The van der Waals surface area contributed by atoms with Crippen LogP contribution < -0.4 is 10.6 Å². The first-order chi connectivity index (χ1) is 11.5. The van der Waals surface area contributed by atoms with Crippen LogP contribution in [0.3, 0.4) is 0 Å². The number of nitrogens with zero attached hydrogens (tertiary/aromatic N) is 2. The zero-order chi connectivity index (χ0) is 17.2. The zero-order valence-electron chi connectivity index (χ0n) is 14.3. The predicted molar refractivity (Wildman–Crippen MR) is 91.5 cm³/mol. The maximum absolute atomic E-state index is 13.5. The number of guanidine groups is 1. The number of nitrogens with one attached hydrogen (secondary N) is 2. The lowest BCUT2D eigenvalue weighted by molar-refractivity contribution is 0.392. The lowest BCUT2D eigenvalue weighted by atomic mass is 9.96. The van der Waals surface area contributed by atoms with Gasteiger partial charge in [-0.1, -0.05) is 17.3 Å². The van der Waals surface area contributed by atoms with Crippen LogP contribution >= 0.6 is 0 Å². The van der Waals surface area contributed by atoms with Gasteiger partial charge in [-0.2, -0.15) is 0 Å². The number of halogens is 1. The Morgan fingerprint density at radius 3 is 2.71 bits per heavy atom. The van der Waals surface area contributed by atoms with E-state index in [4.69, 9.17) is 4.52 Å². The molecule has 0 unspecified atom stereocenters. The molecule has 1 aromatic carbocycles. The van der Waals surface area contributed by atoms with E-state index in [0.717, 1.165) is 47.9 Å². The van der Waals surface area contributed by atoms with Gasteiger partial charge in [-0.15, -0.1) is 0 Å². The highest BCUT2D eigenvalue weighted by molar-refractivity contribution is 5.79. The molecule has 0 bridgehead atoms. The molecule has 0 saturated heterocycles. The summed E-state index contributed by atoms with van der Waals surface area (Å²) in [4.78, 5) is 4.26. The standard InChI is InChI=1S/C18H23FN4O/c1-12-16(13(2)24-23-12)10-21-17(20-3)22-11-18(7-8-18)14-5-4-6-15(19)9-14/h4-6,9H,7-8,10-11H2,1-3H3,(H2,20,21,22). The Hall–Kier alpha value is -2.37. The Morgan fingerprint density at radius 1 is 1.33 bits per heavy atom. The van der Waals surface area contributed by atoms with Crippen molar-refractivity contribution in [2.75, 3.05) is 13.6 Å². The fourth-order valence-electron chi connectivity index (χ4n) is 2.94. The van der Waals surface area contributed by atoms with Gasteiger partial charge in [-0.05, 0) is 44.4 Å². The molecule has 24 heavy (non-hydrogen) atoms. The SMILES string of the molecule is CN=C(NCc1c(C)noc1C)NCC1(c2cccc(F)c2)CC1. The average molecular weight is 330 g/mol. The fraction of sp³-hybridized carbons (Fsp3) is 0.444. The van der Waals surface area contributed by atoms with Crippen LogP contribution in [0.15, 0.2) is 33.8 Å². The Balaban J connectivity index is 1.59. The molecule has 0 aliphatic heterocycles. The monoisotopic (exact) mass is 330 g/mol. The van der Waals surface area contributed by atoms with E-state index in [-0.39, 0.29) is 11.2 Å². The summed E-state index contributed by atoms with van der Waals surface area (Å²) >= 11 is 0. The zero-order valence-corrected chi connectivity index (χ0v) is 14.3. The first-order valence-corrected chi connectivity index (χ1v) is 8.16. The molecule has 1 saturated carbocycles. The van der Waals surface area contributed by atoms with Crippen molar-refractivity contribution in [2.24, 2.45) is 4.99 Å². The number of aliphatic imine (C=N–C) groups is 1. The van der Waals surface area contributed by atoms with Crippen LogP contribution in [0.4, 0.5) is 4.39 Å². The fourth-order valence-corrected chi connectivity index (χ4v) is 2.94. The molecule has 6 heteroatoms. The van der Waals surface area contributed by atoms with Crippen molar-refractivity contribution in [1.82, 2.24) is 15.8 Å². The van der Waals surface area contributed by atoms with Crippen molar-refractivity contribution in [3.8, 4) is 0 Å². The summed E-state index contributed by atoms with van der Waals surface area (Å²) in [6, 6.07) is 6.89. The maximum Gasteiger partial charge on any atom is 0.191 e. The predicted octanol–water partition coefficient (Wildman–Crippen LogP) is 2.83. The highest BCUT2D eigenvalue weighted by atomic mass is 19.1. The minimum Gasteiger partial charge on any atom is -0.361 e. The number of aryl methyl sites for hydroxylation is 2. The molecule has 5 nitrogen and oxygen atoms in total. The average Bonchev–Trinajstić information content (AvgIpc) is 3.30. The van der Waals surface area contributed by atoms with Crippen LogP contribution in [-0.4, -0.2) is 24.7 Å². The smallest absolute Gasteiger partial charge is 0.191 e. The van der Waals surface area contributed by atoms with Crippen molar-refractivity contribution in [1.29, 1.82) is 0 Å². The van der Waals surface area contributed by atoms with Gasteiger partial charge >= 0.3 is 0 Å². The largest absolute Gasteiger partial charge is 0.361 e. The van der Waals surface area contributed by atoms with Crippen molar-refractivity contribution >= 4 is 5.96 Å². The van der Waals surface area contributed by atoms with Crippen LogP contribution in [0.2, 0.25) is 0 Å². The Morgan fingerprint density at radius 2 is 2.12 bits per heavy atom. The van der Waals surface area contributed by atoms with E-state index < -0.39 is 0 Å². The maximum atomic E-state index is 13.5. The lowest BCUT2D eigenvalue weighted by Gasteiger charge is -2.19. The second-order valence-corrected chi connectivity index (χ2v) is 6.37. The minimum absolute atomic E-state index is 0.0166. The van der Waals surface area contributed by atoms with Gasteiger partial charge in [0, 0.05) is 31.1 Å². The summed E-state index contributed by atoms with van der Waals surface area (Å²) in [6.07, 6.45) is 2.12. The van der Waals surface area contributed by atoms with Gasteiger partial charge in [0.2, 0.25) is 0 Å². The van der Waals surface area contributed by atoms with Crippen LogP contribution in [0, 0.1) is 19.7 Å². The second-order valence-electron chi connectivity index (χ2n) is 6.37. The molecule has 2 aromatic rings. The topological polar surface area (TPSA) is 62.5 Å². The van der Waals surface area contributed by atoms with Crippen molar-refractivity contribution < 1.29 is 8.91 Å². The van der Waals surface area contributed by atoms with E-state index in [0.29, 0.717) is 6.54 Å².